The van der Waals surface area contributed by atoms with E-state index < -0.39 is 0 Å². The Morgan fingerprint density at radius 2 is 1.56 bits per heavy atom. The van der Waals surface area contributed by atoms with Crippen LogP contribution in [0.15, 0.2) is 18.5 Å². The second-order valence-electron chi connectivity index (χ2n) is 1.22. The van der Waals surface area contributed by atoms with Gasteiger partial charge in [-0.2, -0.15) is 11.8 Å². The molecule has 0 amide bonds. The van der Waals surface area contributed by atoms with E-state index in [2.05, 4.69) is 15.4 Å². The fourth-order valence-corrected chi connectivity index (χ4v) is 0.205. The Labute approximate surface area is 58.9 Å². The highest BCUT2D eigenvalue weighted by Crippen LogP contribution is 1.70. The molecule has 0 bridgehead atoms. The predicted octanol–water partition coefficient (Wildman–Crippen LogP) is 0.851. The third-order valence-corrected chi connectivity index (χ3v) is 0.409. The first kappa shape index (κ1) is 8.36. The molecule has 1 heterocycles. The molecule has 0 atom stereocenters. The average molecular weight is 143 g/mol. The molecular formula is C5H9N3S. The van der Waals surface area contributed by atoms with E-state index in [-0.39, 0.29) is 0 Å². The summed E-state index contributed by atoms with van der Waals surface area (Å²) in [5, 5.41) is 10.1. The zero-order valence-electron chi connectivity index (χ0n) is 5.48. The number of aromatic nitrogens is 3. The minimum Gasteiger partial charge on any atom is -0.169 e. The average Bonchev–Trinajstić information content (AvgIpc) is 1.93. The summed E-state index contributed by atoms with van der Waals surface area (Å²) in [6.45, 7) is 0. The molecule has 1 aromatic rings. The van der Waals surface area contributed by atoms with Crippen LogP contribution in [0, 0.1) is 0 Å². The fraction of sp³-hybridized carbons (Fsp3) is 0.400. The van der Waals surface area contributed by atoms with Crippen LogP contribution in [0.4, 0.5) is 0 Å². The summed E-state index contributed by atoms with van der Waals surface area (Å²) < 4.78 is 0. The third-order valence-electron chi connectivity index (χ3n) is 0.409. The second kappa shape index (κ2) is 7.36. The van der Waals surface area contributed by atoms with Crippen LogP contribution in [0.3, 0.4) is 0 Å². The van der Waals surface area contributed by atoms with Crippen LogP contribution >= 0.6 is 11.8 Å². The van der Waals surface area contributed by atoms with Crippen LogP contribution in [0.1, 0.15) is 0 Å². The molecule has 0 aliphatic carbocycles. The number of hydrogen-bond acceptors (Lipinski definition) is 4. The molecule has 0 fully saturated rings. The first-order valence-electron chi connectivity index (χ1n) is 2.40. The molecule has 0 saturated heterocycles. The van der Waals surface area contributed by atoms with Crippen LogP contribution in [0.25, 0.3) is 0 Å². The molecule has 3 nitrogen and oxygen atoms in total. The lowest BCUT2D eigenvalue weighted by atomic mass is 10.7. The molecule has 0 aliphatic rings. The van der Waals surface area contributed by atoms with E-state index in [0.717, 1.165) is 0 Å². The maximum absolute atomic E-state index is 3.42. The van der Waals surface area contributed by atoms with Crippen molar-refractivity contribution >= 4 is 11.8 Å². The van der Waals surface area contributed by atoms with Gasteiger partial charge in [0.05, 0.1) is 12.4 Å². The van der Waals surface area contributed by atoms with Gasteiger partial charge in [0.2, 0.25) is 0 Å². The molecule has 1 aromatic heterocycles. The lowest BCUT2D eigenvalue weighted by molar-refractivity contribution is 0.865. The number of thioether (sulfide) groups is 1. The van der Waals surface area contributed by atoms with Crippen molar-refractivity contribution < 1.29 is 0 Å². The lowest BCUT2D eigenvalue weighted by Gasteiger charge is -1.68. The SMILES string of the molecule is CSC.c1cnnnc1. The molecule has 0 aromatic carbocycles. The van der Waals surface area contributed by atoms with Crippen molar-refractivity contribution in [2.24, 2.45) is 0 Å². The summed E-state index contributed by atoms with van der Waals surface area (Å²) in [5.74, 6) is 0. The largest absolute Gasteiger partial charge is 0.169 e. The summed E-state index contributed by atoms with van der Waals surface area (Å²) in [4.78, 5) is 0. The Balaban J connectivity index is 0.000000187. The summed E-state index contributed by atoms with van der Waals surface area (Å²) >= 11 is 1.75. The van der Waals surface area contributed by atoms with Gasteiger partial charge in [0, 0.05) is 0 Å². The molecule has 9 heavy (non-hydrogen) atoms. The monoisotopic (exact) mass is 143 g/mol. The van der Waals surface area contributed by atoms with Gasteiger partial charge in [0.15, 0.2) is 0 Å². The normalized spacial score (nSPS) is 7.33. The molecule has 4 heteroatoms. The third kappa shape index (κ3) is 7.36. The maximum Gasteiger partial charge on any atom is 0.0529 e. The standard InChI is InChI=1S/C3H3N3.C2H6S/c1-2-4-6-5-3-1;1-3-2/h1-3H;1-2H3. The van der Waals surface area contributed by atoms with Gasteiger partial charge in [-0.15, -0.1) is 10.2 Å². The molecule has 0 radical (unpaired) electrons. The highest BCUT2D eigenvalue weighted by molar-refractivity contribution is 7.97. The van der Waals surface area contributed by atoms with E-state index in [0.29, 0.717) is 0 Å². The number of rotatable bonds is 0. The lowest BCUT2D eigenvalue weighted by Crippen LogP contribution is -1.78. The first-order valence-corrected chi connectivity index (χ1v) is 4.03. The molecule has 0 spiro atoms. The van der Waals surface area contributed by atoms with Gasteiger partial charge in [0.25, 0.3) is 0 Å². The zero-order chi connectivity index (χ0) is 6.95. The summed E-state index contributed by atoms with van der Waals surface area (Å²) in [7, 11) is 0. The highest BCUT2D eigenvalue weighted by atomic mass is 32.2. The molecule has 0 unspecified atom stereocenters. The Bertz CT molecular complexity index is 95.1. The van der Waals surface area contributed by atoms with Crippen LogP contribution in [0.5, 0.6) is 0 Å². The van der Waals surface area contributed by atoms with Gasteiger partial charge in [-0.25, -0.2) is 0 Å². The predicted molar refractivity (Wildman–Crippen MR) is 39.3 cm³/mol. The molecule has 50 valence electrons. The van der Waals surface area contributed by atoms with Crippen molar-refractivity contribution in [2.45, 2.75) is 0 Å². The minimum absolute atomic E-state index is 1.58. The highest BCUT2D eigenvalue weighted by Gasteiger charge is 1.60. The van der Waals surface area contributed by atoms with Crippen molar-refractivity contribution in [3.63, 3.8) is 0 Å². The van der Waals surface area contributed by atoms with Gasteiger partial charge in [0.1, 0.15) is 0 Å². The van der Waals surface area contributed by atoms with E-state index in [1.54, 1.807) is 30.2 Å². The van der Waals surface area contributed by atoms with Crippen molar-refractivity contribution in [2.75, 3.05) is 12.5 Å². The summed E-state index contributed by atoms with van der Waals surface area (Å²) in [6.07, 6.45) is 7.24. The van der Waals surface area contributed by atoms with Gasteiger partial charge in [-0.3, -0.25) is 0 Å². The van der Waals surface area contributed by atoms with Crippen molar-refractivity contribution in [3.8, 4) is 0 Å². The Hall–Kier alpha value is -0.640. The van der Waals surface area contributed by atoms with E-state index >= 15 is 0 Å². The van der Waals surface area contributed by atoms with Crippen molar-refractivity contribution in [1.82, 2.24) is 15.4 Å². The summed E-state index contributed by atoms with van der Waals surface area (Å²) in [6, 6.07) is 1.72. The Kier molecular flexibility index (Phi) is 6.84. The van der Waals surface area contributed by atoms with Crippen LogP contribution in [-0.2, 0) is 0 Å². The fourth-order valence-electron chi connectivity index (χ4n) is 0.205. The summed E-state index contributed by atoms with van der Waals surface area (Å²) in [5.41, 5.74) is 0. The van der Waals surface area contributed by atoms with Crippen LogP contribution in [-0.4, -0.2) is 27.9 Å². The minimum atomic E-state index is 1.58. The van der Waals surface area contributed by atoms with Crippen molar-refractivity contribution in [3.05, 3.63) is 18.5 Å². The molecule has 0 aliphatic heterocycles. The first-order chi connectivity index (χ1) is 4.41. The van der Waals surface area contributed by atoms with Crippen LogP contribution in [0.2, 0.25) is 0 Å². The topological polar surface area (TPSA) is 38.7 Å². The molecule has 0 N–H and O–H groups in total. The zero-order valence-corrected chi connectivity index (χ0v) is 6.30. The van der Waals surface area contributed by atoms with Crippen molar-refractivity contribution in [1.29, 1.82) is 0 Å². The Morgan fingerprint density at radius 3 is 1.67 bits per heavy atom. The van der Waals surface area contributed by atoms with Gasteiger partial charge < -0.3 is 0 Å². The van der Waals surface area contributed by atoms with E-state index in [4.69, 9.17) is 0 Å². The second-order valence-corrected chi connectivity index (χ2v) is 2.04. The van der Waals surface area contributed by atoms with E-state index in [1.165, 1.54) is 0 Å². The van der Waals surface area contributed by atoms with Crippen LogP contribution < -0.4 is 0 Å². The Morgan fingerprint density at radius 1 is 1.11 bits per heavy atom. The van der Waals surface area contributed by atoms with Gasteiger partial charge in [-0.05, 0) is 23.8 Å². The number of nitrogens with zero attached hydrogens (tertiary/aromatic N) is 3. The van der Waals surface area contributed by atoms with E-state index in [9.17, 15) is 0 Å². The molecule has 1 rings (SSSR count). The van der Waals surface area contributed by atoms with Gasteiger partial charge >= 0.3 is 0 Å². The van der Waals surface area contributed by atoms with E-state index in [1.807, 2.05) is 12.5 Å². The quantitative estimate of drug-likeness (QED) is 0.539. The smallest absolute Gasteiger partial charge is 0.0529 e. The molecule has 0 saturated carbocycles. The number of hydrogen-bond donors (Lipinski definition) is 0. The van der Waals surface area contributed by atoms with Gasteiger partial charge in [-0.1, -0.05) is 0 Å². The maximum atomic E-state index is 3.42. The molecular weight excluding hydrogens is 134 g/mol.